The third-order valence-electron chi connectivity index (χ3n) is 2.68. The molecule has 0 fully saturated rings. The van der Waals surface area contributed by atoms with Crippen molar-refractivity contribution in [2.75, 3.05) is 7.11 Å². The summed E-state index contributed by atoms with van der Waals surface area (Å²) in [5.74, 6) is 0.197. The lowest BCUT2D eigenvalue weighted by Gasteiger charge is -2.06. The van der Waals surface area contributed by atoms with Crippen LogP contribution in [-0.4, -0.2) is 22.0 Å². The summed E-state index contributed by atoms with van der Waals surface area (Å²) in [6.07, 6.45) is 1.53. The molecule has 0 radical (unpaired) electrons. The predicted molar refractivity (Wildman–Crippen MR) is 61.1 cm³/mol. The van der Waals surface area contributed by atoms with Gasteiger partial charge in [0.2, 0.25) is 0 Å². The molecule has 2 rings (SSSR count). The molecule has 4 nitrogen and oxygen atoms in total. The number of methoxy groups -OCH3 is 1. The van der Waals surface area contributed by atoms with Gasteiger partial charge >= 0.3 is 0 Å². The van der Waals surface area contributed by atoms with E-state index in [9.17, 15) is 9.50 Å². The summed E-state index contributed by atoms with van der Waals surface area (Å²) in [6.45, 7) is -0.192. The molecule has 0 saturated heterocycles. The molecule has 1 N–H and O–H groups in total. The van der Waals surface area contributed by atoms with Gasteiger partial charge in [-0.3, -0.25) is 4.68 Å². The third kappa shape index (κ3) is 2.01. The van der Waals surface area contributed by atoms with Crippen LogP contribution >= 0.6 is 0 Å². The van der Waals surface area contributed by atoms with Gasteiger partial charge in [-0.05, 0) is 18.2 Å². The van der Waals surface area contributed by atoms with E-state index in [-0.39, 0.29) is 12.4 Å². The van der Waals surface area contributed by atoms with Crippen molar-refractivity contribution in [1.29, 1.82) is 0 Å². The molecule has 1 aromatic heterocycles. The summed E-state index contributed by atoms with van der Waals surface area (Å²) >= 11 is 0. The Hall–Kier alpha value is -1.88. The van der Waals surface area contributed by atoms with Gasteiger partial charge in [-0.25, -0.2) is 4.39 Å². The number of benzene rings is 1. The van der Waals surface area contributed by atoms with Gasteiger partial charge in [0.05, 0.1) is 25.6 Å². The van der Waals surface area contributed by atoms with Gasteiger partial charge in [-0.2, -0.15) is 5.10 Å². The minimum atomic E-state index is -0.367. The van der Waals surface area contributed by atoms with E-state index in [0.29, 0.717) is 22.6 Å². The fourth-order valence-electron chi connectivity index (χ4n) is 1.71. The average Bonchev–Trinajstić information content (AvgIpc) is 2.71. The van der Waals surface area contributed by atoms with Gasteiger partial charge in [0.15, 0.2) is 0 Å². The highest BCUT2D eigenvalue weighted by molar-refractivity contribution is 5.67. The van der Waals surface area contributed by atoms with Crippen molar-refractivity contribution in [2.45, 2.75) is 6.61 Å². The topological polar surface area (TPSA) is 47.3 Å². The highest BCUT2D eigenvalue weighted by atomic mass is 19.1. The molecule has 0 atom stereocenters. The molecule has 17 heavy (non-hydrogen) atoms. The molecular formula is C12H13FN2O2. The largest absolute Gasteiger partial charge is 0.497 e. The fourth-order valence-corrected chi connectivity index (χ4v) is 1.71. The minimum absolute atomic E-state index is 0.192. The predicted octanol–water partition coefficient (Wildman–Crippen LogP) is 1.73. The van der Waals surface area contributed by atoms with E-state index >= 15 is 0 Å². The molecule has 2 aromatic rings. The van der Waals surface area contributed by atoms with Crippen LogP contribution in [0.15, 0.2) is 24.4 Å². The van der Waals surface area contributed by atoms with Crippen molar-refractivity contribution in [3.8, 4) is 16.9 Å². The number of aryl methyl sites for hydroxylation is 1. The summed E-state index contributed by atoms with van der Waals surface area (Å²) < 4.78 is 20.3. The van der Waals surface area contributed by atoms with Gasteiger partial charge in [-0.1, -0.05) is 0 Å². The Labute approximate surface area is 98.3 Å². The normalized spacial score (nSPS) is 10.6. The lowest BCUT2D eigenvalue weighted by atomic mass is 10.1. The van der Waals surface area contributed by atoms with Crippen LogP contribution in [0.3, 0.4) is 0 Å². The van der Waals surface area contributed by atoms with Gasteiger partial charge in [-0.15, -0.1) is 0 Å². The Kier molecular flexibility index (Phi) is 3.10. The molecule has 0 amide bonds. The van der Waals surface area contributed by atoms with Crippen molar-refractivity contribution in [3.05, 3.63) is 35.9 Å². The Morgan fingerprint density at radius 3 is 2.82 bits per heavy atom. The molecule has 0 aliphatic rings. The summed E-state index contributed by atoms with van der Waals surface area (Å²) in [5, 5.41) is 13.3. The molecule has 0 spiro atoms. The standard InChI is InChI=1S/C12H13FN2O2/c1-15-12(7-16)10(6-14-15)9-5-8(17-2)3-4-11(9)13/h3-6,16H,7H2,1-2H3. The van der Waals surface area contributed by atoms with Crippen LogP contribution in [-0.2, 0) is 13.7 Å². The van der Waals surface area contributed by atoms with E-state index in [1.807, 2.05) is 0 Å². The van der Waals surface area contributed by atoms with Gasteiger partial charge < -0.3 is 9.84 Å². The van der Waals surface area contributed by atoms with Crippen molar-refractivity contribution < 1.29 is 14.2 Å². The highest BCUT2D eigenvalue weighted by Crippen LogP contribution is 2.29. The lowest BCUT2D eigenvalue weighted by Crippen LogP contribution is -1.99. The number of hydrogen-bond acceptors (Lipinski definition) is 3. The van der Waals surface area contributed by atoms with Crippen LogP contribution in [0.4, 0.5) is 4.39 Å². The Morgan fingerprint density at radius 1 is 1.41 bits per heavy atom. The number of hydrogen-bond donors (Lipinski definition) is 1. The van der Waals surface area contributed by atoms with Crippen LogP contribution in [0.25, 0.3) is 11.1 Å². The number of aliphatic hydroxyl groups is 1. The Balaban J connectivity index is 2.59. The molecule has 0 aliphatic heterocycles. The lowest BCUT2D eigenvalue weighted by molar-refractivity contribution is 0.271. The van der Waals surface area contributed by atoms with Crippen LogP contribution < -0.4 is 4.74 Å². The smallest absolute Gasteiger partial charge is 0.131 e. The van der Waals surface area contributed by atoms with Crippen LogP contribution in [0.5, 0.6) is 5.75 Å². The maximum Gasteiger partial charge on any atom is 0.131 e. The quantitative estimate of drug-likeness (QED) is 0.882. The molecular weight excluding hydrogens is 223 g/mol. The number of rotatable bonds is 3. The summed E-state index contributed by atoms with van der Waals surface area (Å²) in [4.78, 5) is 0. The first-order valence-electron chi connectivity index (χ1n) is 5.13. The van der Waals surface area contributed by atoms with Crippen molar-refractivity contribution >= 4 is 0 Å². The number of ether oxygens (including phenoxy) is 1. The minimum Gasteiger partial charge on any atom is -0.497 e. The van der Waals surface area contributed by atoms with Crippen molar-refractivity contribution in [1.82, 2.24) is 9.78 Å². The first-order chi connectivity index (χ1) is 8.17. The zero-order valence-corrected chi connectivity index (χ0v) is 9.64. The second kappa shape index (κ2) is 4.55. The SMILES string of the molecule is COc1ccc(F)c(-c2cnn(C)c2CO)c1. The number of aliphatic hydroxyl groups excluding tert-OH is 1. The molecule has 1 aromatic carbocycles. The fraction of sp³-hybridized carbons (Fsp3) is 0.250. The van der Waals surface area contributed by atoms with E-state index in [0.717, 1.165) is 0 Å². The molecule has 1 heterocycles. The third-order valence-corrected chi connectivity index (χ3v) is 2.68. The van der Waals surface area contributed by atoms with Gasteiger partial charge in [0.25, 0.3) is 0 Å². The number of nitrogens with zero attached hydrogens (tertiary/aromatic N) is 2. The molecule has 0 aliphatic carbocycles. The second-order valence-electron chi connectivity index (χ2n) is 3.63. The van der Waals surface area contributed by atoms with E-state index in [2.05, 4.69) is 5.10 Å². The number of halogens is 1. The maximum atomic E-state index is 13.7. The molecule has 90 valence electrons. The first-order valence-corrected chi connectivity index (χ1v) is 5.13. The highest BCUT2D eigenvalue weighted by Gasteiger charge is 2.14. The molecule has 0 unspecified atom stereocenters. The average molecular weight is 236 g/mol. The summed E-state index contributed by atoms with van der Waals surface area (Å²) in [5.41, 5.74) is 1.52. The second-order valence-corrected chi connectivity index (χ2v) is 3.63. The monoisotopic (exact) mass is 236 g/mol. The van der Waals surface area contributed by atoms with E-state index in [1.54, 1.807) is 19.2 Å². The zero-order valence-electron chi connectivity index (χ0n) is 9.64. The van der Waals surface area contributed by atoms with Gasteiger partial charge in [0.1, 0.15) is 11.6 Å². The molecule has 0 bridgehead atoms. The van der Waals surface area contributed by atoms with Crippen LogP contribution in [0, 0.1) is 5.82 Å². The van der Waals surface area contributed by atoms with Crippen molar-refractivity contribution in [3.63, 3.8) is 0 Å². The Bertz CT molecular complexity index is 537. The van der Waals surface area contributed by atoms with Gasteiger partial charge in [0, 0.05) is 18.2 Å². The van der Waals surface area contributed by atoms with Crippen LogP contribution in [0.1, 0.15) is 5.69 Å². The number of aromatic nitrogens is 2. The maximum absolute atomic E-state index is 13.7. The van der Waals surface area contributed by atoms with Crippen molar-refractivity contribution in [2.24, 2.45) is 7.05 Å². The zero-order chi connectivity index (χ0) is 12.4. The first kappa shape index (κ1) is 11.6. The van der Waals surface area contributed by atoms with E-state index in [1.165, 1.54) is 24.1 Å². The Morgan fingerprint density at radius 2 is 2.18 bits per heavy atom. The molecule has 0 saturated carbocycles. The van der Waals surface area contributed by atoms with E-state index in [4.69, 9.17) is 4.74 Å². The van der Waals surface area contributed by atoms with E-state index < -0.39 is 0 Å². The molecule has 5 heteroatoms. The summed E-state index contributed by atoms with van der Waals surface area (Å²) in [7, 11) is 3.22. The van der Waals surface area contributed by atoms with Crippen LogP contribution in [0.2, 0.25) is 0 Å². The summed E-state index contributed by atoms with van der Waals surface area (Å²) in [6, 6.07) is 4.47.